The minimum absolute atomic E-state index is 0.0259. The molecule has 2 fully saturated rings. The number of nitrogens with one attached hydrogen (secondary N) is 1. The van der Waals surface area contributed by atoms with Crippen molar-refractivity contribution in [1.82, 2.24) is 15.5 Å². The normalized spacial score (nSPS) is 28.7. The van der Waals surface area contributed by atoms with Crippen LogP contribution in [0.2, 0.25) is 0 Å². The van der Waals surface area contributed by atoms with Gasteiger partial charge in [-0.15, -0.1) is 0 Å². The van der Waals surface area contributed by atoms with Gasteiger partial charge in [0, 0.05) is 5.41 Å². The van der Waals surface area contributed by atoms with Gasteiger partial charge in [-0.05, 0) is 50.4 Å². The maximum Gasteiger partial charge on any atom is 0.232 e. The fraction of sp³-hybridized carbons (Fsp3) is 0.857. The topological polar surface area (TPSA) is 51.0 Å². The number of thioether (sulfide) groups is 1. The van der Waals surface area contributed by atoms with Crippen molar-refractivity contribution in [2.45, 2.75) is 50.2 Å². The zero-order valence-electron chi connectivity index (χ0n) is 11.8. The highest BCUT2D eigenvalue weighted by Gasteiger charge is 2.38. The molecule has 2 aliphatic heterocycles. The van der Waals surface area contributed by atoms with Crippen LogP contribution in [0.5, 0.6) is 0 Å². The van der Waals surface area contributed by atoms with E-state index in [1.54, 1.807) is 0 Å². The molecule has 3 heterocycles. The molecule has 0 radical (unpaired) electrons. The standard InChI is InChI=1S/C14H23N3OS/c1-14(2,10-5-3-7-15-9-10)13-16-12(17-18-13)11-6-4-8-19-11/h10-11,15H,3-9H2,1-2H3. The minimum Gasteiger partial charge on any atom is -0.339 e. The first-order valence-electron chi connectivity index (χ1n) is 7.34. The molecule has 0 bridgehead atoms. The Morgan fingerprint density at radius 2 is 2.21 bits per heavy atom. The molecule has 0 aromatic carbocycles. The van der Waals surface area contributed by atoms with Crippen molar-refractivity contribution < 1.29 is 4.52 Å². The Bertz CT molecular complexity index is 420. The van der Waals surface area contributed by atoms with Crippen molar-refractivity contribution in [3.8, 4) is 0 Å². The summed E-state index contributed by atoms with van der Waals surface area (Å²) in [6.45, 7) is 6.68. The molecule has 0 saturated carbocycles. The summed E-state index contributed by atoms with van der Waals surface area (Å²) in [5, 5.41) is 8.17. The van der Waals surface area contributed by atoms with Gasteiger partial charge in [0.1, 0.15) is 0 Å². The van der Waals surface area contributed by atoms with Crippen LogP contribution in [0, 0.1) is 5.92 Å². The summed E-state index contributed by atoms with van der Waals surface area (Å²) in [5.41, 5.74) is -0.0259. The van der Waals surface area contributed by atoms with Gasteiger partial charge in [0.25, 0.3) is 0 Å². The van der Waals surface area contributed by atoms with E-state index in [9.17, 15) is 0 Å². The van der Waals surface area contributed by atoms with Crippen LogP contribution in [-0.4, -0.2) is 29.0 Å². The Hall–Kier alpha value is -0.550. The van der Waals surface area contributed by atoms with Gasteiger partial charge in [-0.25, -0.2) is 0 Å². The number of aromatic nitrogens is 2. The average Bonchev–Trinajstić information content (AvgIpc) is 3.10. The molecule has 0 amide bonds. The van der Waals surface area contributed by atoms with Gasteiger partial charge in [0.2, 0.25) is 5.89 Å². The SMILES string of the molecule is CC(C)(c1nc(C2CCCS2)no1)C1CCCNC1. The van der Waals surface area contributed by atoms with Crippen molar-refractivity contribution in [3.05, 3.63) is 11.7 Å². The van der Waals surface area contributed by atoms with Crippen LogP contribution < -0.4 is 5.32 Å². The first kappa shape index (κ1) is 13.4. The number of nitrogens with zero attached hydrogens (tertiary/aromatic N) is 2. The second-order valence-electron chi connectivity index (χ2n) is 6.22. The molecular formula is C14H23N3OS. The summed E-state index contributed by atoms with van der Waals surface area (Å²) >= 11 is 1.96. The quantitative estimate of drug-likeness (QED) is 0.923. The average molecular weight is 281 g/mol. The van der Waals surface area contributed by atoms with Crippen molar-refractivity contribution in [3.63, 3.8) is 0 Å². The van der Waals surface area contributed by atoms with Crippen LogP contribution in [0.1, 0.15) is 56.5 Å². The van der Waals surface area contributed by atoms with Gasteiger partial charge >= 0.3 is 0 Å². The summed E-state index contributed by atoms with van der Waals surface area (Å²) in [6, 6.07) is 0. The lowest BCUT2D eigenvalue weighted by atomic mass is 9.75. The predicted molar refractivity (Wildman–Crippen MR) is 77.4 cm³/mol. The number of piperidine rings is 1. The Kier molecular flexibility index (Phi) is 3.85. The second-order valence-corrected chi connectivity index (χ2v) is 7.53. The molecule has 5 heteroatoms. The summed E-state index contributed by atoms with van der Waals surface area (Å²) in [4.78, 5) is 4.71. The third kappa shape index (κ3) is 2.68. The molecule has 0 aliphatic carbocycles. The van der Waals surface area contributed by atoms with E-state index in [2.05, 4.69) is 24.3 Å². The van der Waals surface area contributed by atoms with E-state index in [4.69, 9.17) is 9.51 Å². The van der Waals surface area contributed by atoms with E-state index in [-0.39, 0.29) is 5.41 Å². The fourth-order valence-corrected chi connectivity index (χ4v) is 4.25. The third-order valence-electron chi connectivity index (χ3n) is 4.53. The second kappa shape index (κ2) is 5.44. The molecule has 4 nitrogen and oxygen atoms in total. The van der Waals surface area contributed by atoms with Crippen LogP contribution in [0.15, 0.2) is 4.52 Å². The highest BCUT2D eigenvalue weighted by Crippen LogP contribution is 2.40. The van der Waals surface area contributed by atoms with Crippen molar-refractivity contribution in [1.29, 1.82) is 0 Å². The number of rotatable bonds is 3. The van der Waals surface area contributed by atoms with E-state index < -0.39 is 0 Å². The molecule has 2 saturated heterocycles. The van der Waals surface area contributed by atoms with Gasteiger partial charge < -0.3 is 9.84 Å². The van der Waals surface area contributed by atoms with Crippen LogP contribution in [0.4, 0.5) is 0 Å². The zero-order valence-corrected chi connectivity index (χ0v) is 12.6. The highest BCUT2D eigenvalue weighted by molar-refractivity contribution is 7.99. The first-order chi connectivity index (χ1) is 9.18. The predicted octanol–water partition coefficient (Wildman–Crippen LogP) is 2.91. The van der Waals surface area contributed by atoms with E-state index in [0.29, 0.717) is 11.2 Å². The Balaban J connectivity index is 1.76. The molecule has 2 atom stereocenters. The minimum atomic E-state index is -0.0259. The lowest BCUT2D eigenvalue weighted by Crippen LogP contribution is -2.40. The van der Waals surface area contributed by atoms with Gasteiger partial charge in [0.05, 0.1) is 5.25 Å². The molecule has 2 unspecified atom stereocenters. The van der Waals surface area contributed by atoms with Crippen LogP contribution >= 0.6 is 11.8 Å². The Morgan fingerprint density at radius 1 is 1.32 bits per heavy atom. The molecule has 106 valence electrons. The summed E-state index contributed by atoms with van der Waals surface area (Å²) in [5.74, 6) is 3.55. The first-order valence-corrected chi connectivity index (χ1v) is 8.39. The van der Waals surface area contributed by atoms with Crippen LogP contribution in [0.3, 0.4) is 0 Å². The molecule has 19 heavy (non-hydrogen) atoms. The lowest BCUT2D eigenvalue weighted by Gasteiger charge is -2.34. The summed E-state index contributed by atoms with van der Waals surface area (Å²) < 4.78 is 5.59. The van der Waals surface area contributed by atoms with Crippen molar-refractivity contribution in [2.24, 2.45) is 5.92 Å². The molecular weight excluding hydrogens is 258 g/mol. The summed E-state index contributed by atoms with van der Waals surface area (Å²) in [7, 11) is 0. The Morgan fingerprint density at radius 3 is 2.89 bits per heavy atom. The van der Waals surface area contributed by atoms with Crippen LogP contribution in [-0.2, 0) is 5.41 Å². The van der Waals surface area contributed by atoms with Crippen molar-refractivity contribution in [2.75, 3.05) is 18.8 Å². The van der Waals surface area contributed by atoms with E-state index >= 15 is 0 Å². The lowest BCUT2D eigenvalue weighted by molar-refractivity contribution is 0.196. The molecule has 1 aromatic heterocycles. The molecule has 1 N–H and O–H groups in total. The molecule has 1 aromatic rings. The monoisotopic (exact) mass is 281 g/mol. The smallest absolute Gasteiger partial charge is 0.232 e. The maximum absolute atomic E-state index is 5.59. The van der Waals surface area contributed by atoms with Gasteiger partial charge in [-0.3, -0.25) is 0 Å². The number of hydrogen-bond acceptors (Lipinski definition) is 5. The molecule has 3 rings (SSSR count). The van der Waals surface area contributed by atoms with Gasteiger partial charge in [-0.1, -0.05) is 19.0 Å². The molecule has 2 aliphatic rings. The van der Waals surface area contributed by atoms with Gasteiger partial charge in [0.15, 0.2) is 5.82 Å². The highest BCUT2D eigenvalue weighted by atomic mass is 32.2. The van der Waals surface area contributed by atoms with E-state index in [1.807, 2.05) is 11.8 Å². The largest absolute Gasteiger partial charge is 0.339 e. The van der Waals surface area contributed by atoms with E-state index in [0.717, 1.165) is 24.8 Å². The fourth-order valence-electron chi connectivity index (χ4n) is 3.05. The zero-order chi connectivity index (χ0) is 13.3. The van der Waals surface area contributed by atoms with Crippen LogP contribution in [0.25, 0.3) is 0 Å². The van der Waals surface area contributed by atoms with E-state index in [1.165, 1.54) is 31.4 Å². The van der Waals surface area contributed by atoms with Crippen molar-refractivity contribution >= 4 is 11.8 Å². The summed E-state index contributed by atoms with van der Waals surface area (Å²) in [6.07, 6.45) is 4.95. The maximum atomic E-state index is 5.59. The molecule has 0 spiro atoms. The van der Waals surface area contributed by atoms with Gasteiger partial charge in [-0.2, -0.15) is 16.7 Å². The number of hydrogen-bond donors (Lipinski definition) is 1. The third-order valence-corrected chi connectivity index (χ3v) is 5.90. The Labute approximate surface area is 119 Å².